The predicted octanol–water partition coefficient (Wildman–Crippen LogP) is 4.46. The first-order valence-electron chi connectivity index (χ1n) is 11.2. The number of carbonyl (C=O) groups excluding carboxylic acids is 2. The number of amides is 2. The summed E-state index contributed by atoms with van der Waals surface area (Å²) in [5.74, 6) is 0.846. The van der Waals surface area contributed by atoms with Crippen molar-refractivity contribution in [2.75, 3.05) is 25.1 Å². The first-order valence-corrected chi connectivity index (χ1v) is 11.2. The van der Waals surface area contributed by atoms with Crippen LogP contribution in [0.25, 0.3) is 0 Å². The van der Waals surface area contributed by atoms with Crippen LogP contribution in [0.15, 0.2) is 60.9 Å². The average molecular weight is 464 g/mol. The molecule has 0 saturated carbocycles. The summed E-state index contributed by atoms with van der Waals surface area (Å²) in [5.41, 5.74) is 2.30. The molecule has 2 aromatic carbocycles. The van der Waals surface area contributed by atoms with Crippen molar-refractivity contribution in [2.45, 2.75) is 27.3 Å². The van der Waals surface area contributed by atoms with Gasteiger partial charge in [-0.25, -0.2) is 0 Å². The van der Waals surface area contributed by atoms with Gasteiger partial charge in [-0.05, 0) is 62.7 Å². The van der Waals surface area contributed by atoms with Crippen LogP contribution < -0.4 is 24.8 Å². The molecular weight excluding hydrogens is 434 g/mol. The van der Waals surface area contributed by atoms with Gasteiger partial charge >= 0.3 is 0 Å². The zero-order chi connectivity index (χ0) is 24.3. The van der Waals surface area contributed by atoms with Crippen LogP contribution >= 0.6 is 0 Å². The van der Waals surface area contributed by atoms with Crippen molar-refractivity contribution in [1.82, 2.24) is 10.3 Å². The van der Waals surface area contributed by atoms with Gasteiger partial charge in [-0.15, -0.1) is 0 Å². The molecule has 0 fully saturated rings. The Morgan fingerprint density at radius 2 is 1.53 bits per heavy atom. The fraction of sp³-hybridized carbons (Fsp3) is 0.269. The fourth-order valence-corrected chi connectivity index (χ4v) is 3.26. The van der Waals surface area contributed by atoms with Crippen LogP contribution in [-0.2, 0) is 6.54 Å². The van der Waals surface area contributed by atoms with Crippen LogP contribution in [0.5, 0.6) is 17.2 Å². The van der Waals surface area contributed by atoms with Gasteiger partial charge in [-0.1, -0.05) is 12.1 Å². The fourth-order valence-electron chi connectivity index (χ4n) is 3.26. The third kappa shape index (κ3) is 6.48. The lowest BCUT2D eigenvalue weighted by molar-refractivity contribution is 0.0949. The Kier molecular flexibility index (Phi) is 8.85. The monoisotopic (exact) mass is 463 g/mol. The second kappa shape index (κ2) is 12.2. The molecule has 0 radical (unpaired) electrons. The van der Waals surface area contributed by atoms with Crippen molar-refractivity contribution in [3.63, 3.8) is 0 Å². The normalized spacial score (nSPS) is 10.3. The molecule has 0 aliphatic rings. The Balaban J connectivity index is 1.74. The third-order valence-corrected chi connectivity index (χ3v) is 4.73. The Morgan fingerprint density at radius 1 is 0.824 bits per heavy atom. The van der Waals surface area contributed by atoms with Gasteiger partial charge in [-0.2, -0.15) is 0 Å². The topological polar surface area (TPSA) is 98.8 Å². The Bertz CT molecular complexity index is 1090. The van der Waals surface area contributed by atoms with Crippen LogP contribution in [0.3, 0.4) is 0 Å². The van der Waals surface area contributed by atoms with E-state index in [0.29, 0.717) is 60.4 Å². The Hall–Kier alpha value is -4.07. The predicted molar refractivity (Wildman–Crippen MR) is 130 cm³/mol. The van der Waals surface area contributed by atoms with Crippen LogP contribution in [-0.4, -0.2) is 36.6 Å². The largest absolute Gasteiger partial charge is 0.490 e. The van der Waals surface area contributed by atoms with E-state index >= 15 is 0 Å². The highest BCUT2D eigenvalue weighted by atomic mass is 16.5. The van der Waals surface area contributed by atoms with Gasteiger partial charge in [0, 0.05) is 30.2 Å². The van der Waals surface area contributed by atoms with Gasteiger partial charge in [0.2, 0.25) is 5.75 Å². The minimum Gasteiger partial charge on any atom is -0.490 e. The molecule has 0 unspecified atom stereocenters. The average Bonchev–Trinajstić information content (AvgIpc) is 2.85. The van der Waals surface area contributed by atoms with Crippen molar-refractivity contribution in [2.24, 2.45) is 0 Å². The van der Waals surface area contributed by atoms with E-state index in [1.807, 2.05) is 39.0 Å². The molecule has 3 rings (SSSR count). The second-order valence-corrected chi connectivity index (χ2v) is 7.18. The number of carbonyl (C=O) groups is 2. The molecule has 2 amide bonds. The third-order valence-electron chi connectivity index (χ3n) is 4.73. The molecule has 34 heavy (non-hydrogen) atoms. The Labute approximate surface area is 199 Å². The maximum atomic E-state index is 13.0. The summed E-state index contributed by atoms with van der Waals surface area (Å²) in [6.07, 6.45) is 3.12. The number of nitrogens with one attached hydrogen (secondary N) is 2. The molecule has 0 saturated heterocycles. The van der Waals surface area contributed by atoms with E-state index in [1.165, 1.54) is 6.20 Å². The van der Waals surface area contributed by atoms with E-state index in [4.69, 9.17) is 14.2 Å². The number of nitrogens with zero attached hydrogens (tertiary/aromatic N) is 1. The lowest BCUT2D eigenvalue weighted by Gasteiger charge is -2.17. The summed E-state index contributed by atoms with van der Waals surface area (Å²) >= 11 is 0. The molecule has 178 valence electrons. The first-order chi connectivity index (χ1) is 16.5. The highest BCUT2D eigenvalue weighted by Crippen LogP contribution is 2.39. The number of benzene rings is 2. The first kappa shape index (κ1) is 24.6. The number of ether oxygens (including phenoxy) is 3. The van der Waals surface area contributed by atoms with Gasteiger partial charge in [0.1, 0.15) is 0 Å². The molecule has 0 bridgehead atoms. The summed E-state index contributed by atoms with van der Waals surface area (Å²) in [6, 6.07) is 14.0. The molecule has 1 aromatic heterocycles. The standard InChI is InChI=1S/C26H29N3O5/c1-4-32-22-14-20(15-23(33-5-2)24(22)34-6-3)26(31)29-21-11-7-9-18(13-21)16-28-25(30)19-10-8-12-27-17-19/h7-15,17H,4-6,16H2,1-3H3,(H,28,30)(H,29,31). The summed E-state index contributed by atoms with van der Waals surface area (Å²) in [4.78, 5) is 29.2. The van der Waals surface area contributed by atoms with Gasteiger partial charge in [-0.3, -0.25) is 14.6 Å². The van der Waals surface area contributed by atoms with Gasteiger partial charge in [0.05, 0.1) is 25.4 Å². The van der Waals surface area contributed by atoms with Crippen molar-refractivity contribution in [3.05, 3.63) is 77.6 Å². The maximum Gasteiger partial charge on any atom is 0.255 e. The lowest BCUT2D eigenvalue weighted by atomic mass is 10.1. The molecule has 0 spiro atoms. The highest BCUT2D eigenvalue weighted by Gasteiger charge is 2.18. The quantitative estimate of drug-likeness (QED) is 0.436. The number of aromatic nitrogens is 1. The molecule has 3 aromatic rings. The van der Waals surface area contributed by atoms with Crippen LogP contribution in [0, 0.1) is 0 Å². The number of rotatable bonds is 11. The SMILES string of the molecule is CCOc1cc(C(=O)Nc2cccc(CNC(=O)c3cccnc3)c2)cc(OCC)c1OCC. The van der Waals surface area contributed by atoms with Crippen LogP contribution in [0.4, 0.5) is 5.69 Å². The van der Waals surface area contributed by atoms with E-state index in [-0.39, 0.29) is 11.8 Å². The molecule has 0 aliphatic heterocycles. The molecule has 0 aliphatic carbocycles. The number of pyridine rings is 1. The molecule has 0 atom stereocenters. The van der Waals surface area contributed by atoms with E-state index < -0.39 is 0 Å². The van der Waals surface area contributed by atoms with Gasteiger partial charge in [0.25, 0.3) is 11.8 Å². The van der Waals surface area contributed by atoms with Crippen molar-refractivity contribution in [3.8, 4) is 17.2 Å². The molecule has 8 heteroatoms. The number of hydrogen-bond donors (Lipinski definition) is 2. The number of hydrogen-bond acceptors (Lipinski definition) is 6. The van der Waals surface area contributed by atoms with E-state index in [1.54, 1.807) is 36.5 Å². The van der Waals surface area contributed by atoms with Crippen molar-refractivity contribution in [1.29, 1.82) is 0 Å². The van der Waals surface area contributed by atoms with Crippen LogP contribution in [0.2, 0.25) is 0 Å². The lowest BCUT2D eigenvalue weighted by Crippen LogP contribution is -2.23. The second-order valence-electron chi connectivity index (χ2n) is 7.18. The molecule has 1 heterocycles. The summed E-state index contributed by atoms with van der Waals surface area (Å²) in [5, 5.41) is 5.74. The minimum absolute atomic E-state index is 0.219. The van der Waals surface area contributed by atoms with E-state index in [2.05, 4.69) is 15.6 Å². The molecule has 8 nitrogen and oxygen atoms in total. The minimum atomic E-state index is -0.318. The summed E-state index contributed by atoms with van der Waals surface area (Å²) in [7, 11) is 0. The number of anilines is 1. The van der Waals surface area contributed by atoms with Crippen molar-refractivity contribution < 1.29 is 23.8 Å². The van der Waals surface area contributed by atoms with E-state index in [9.17, 15) is 9.59 Å². The van der Waals surface area contributed by atoms with Crippen LogP contribution in [0.1, 0.15) is 47.1 Å². The van der Waals surface area contributed by atoms with E-state index in [0.717, 1.165) is 5.56 Å². The maximum absolute atomic E-state index is 13.0. The smallest absolute Gasteiger partial charge is 0.255 e. The summed E-state index contributed by atoms with van der Waals surface area (Å²) < 4.78 is 17.1. The summed E-state index contributed by atoms with van der Waals surface area (Å²) in [6.45, 7) is 7.19. The molecule has 2 N–H and O–H groups in total. The highest BCUT2D eigenvalue weighted by molar-refractivity contribution is 6.05. The molecular formula is C26H29N3O5. The zero-order valence-electron chi connectivity index (χ0n) is 19.6. The van der Waals surface area contributed by atoms with Gasteiger partial charge < -0.3 is 24.8 Å². The van der Waals surface area contributed by atoms with Gasteiger partial charge in [0.15, 0.2) is 11.5 Å². The Morgan fingerprint density at radius 3 is 2.15 bits per heavy atom. The zero-order valence-corrected chi connectivity index (χ0v) is 19.6. The van der Waals surface area contributed by atoms with Crippen molar-refractivity contribution >= 4 is 17.5 Å².